The SMILES string of the molecule is COP(=O)(CCc1cc(CCP(=O)(OC)OC)cc(CNC(CO)(CO)CO)c1)OC. The van der Waals surface area contributed by atoms with Crippen molar-refractivity contribution in [1.29, 1.82) is 0 Å². The van der Waals surface area contributed by atoms with Gasteiger partial charge in [0.1, 0.15) is 0 Å². The second-order valence-electron chi connectivity index (χ2n) is 7.17. The van der Waals surface area contributed by atoms with Crippen molar-refractivity contribution in [3.63, 3.8) is 0 Å². The summed E-state index contributed by atoms with van der Waals surface area (Å²) in [5.41, 5.74) is 1.30. The van der Waals surface area contributed by atoms with E-state index in [9.17, 15) is 24.4 Å². The molecular weight excluding hydrogens is 448 g/mol. The Bertz CT molecular complexity index is 698. The zero-order chi connectivity index (χ0) is 23.5. The lowest BCUT2D eigenvalue weighted by molar-refractivity contribution is 0.0414. The van der Waals surface area contributed by atoms with E-state index in [2.05, 4.69) is 5.32 Å². The van der Waals surface area contributed by atoms with Gasteiger partial charge in [-0.3, -0.25) is 9.13 Å². The normalized spacial score (nSPS) is 13.0. The van der Waals surface area contributed by atoms with E-state index in [4.69, 9.17) is 18.1 Å². The van der Waals surface area contributed by atoms with Gasteiger partial charge in [-0.1, -0.05) is 18.2 Å². The Morgan fingerprint density at radius 1 is 0.742 bits per heavy atom. The highest BCUT2D eigenvalue weighted by Gasteiger charge is 2.27. The predicted octanol–water partition coefficient (Wildman–Crippen LogP) is 1.55. The van der Waals surface area contributed by atoms with Crippen molar-refractivity contribution in [2.45, 2.75) is 24.9 Å². The molecular formula is C19H35NO9P2. The van der Waals surface area contributed by atoms with Crippen LogP contribution in [0.3, 0.4) is 0 Å². The zero-order valence-corrected chi connectivity index (χ0v) is 20.4. The van der Waals surface area contributed by atoms with Crippen molar-refractivity contribution in [1.82, 2.24) is 5.32 Å². The summed E-state index contributed by atoms with van der Waals surface area (Å²) in [6, 6.07) is 5.68. The van der Waals surface area contributed by atoms with Crippen LogP contribution in [0.1, 0.15) is 16.7 Å². The smallest absolute Gasteiger partial charge is 0.330 e. The van der Waals surface area contributed by atoms with Gasteiger partial charge in [-0.25, -0.2) is 0 Å². The molecule has 0 bridgehead atoms. The van der Waals surface area contributed by atoms with Crippen molar-refractivity contribution in [3.05, 3.63) is 34.9 Å². The fraction of sp³-hybridized carbons (Fsp3) is 0.684. The van der Waals surface area contributed by atoms with Crippen LogP contribution in [0.5, 0.6) is 0 Å². The molecule has 1 rings (SSSR count). The average Bonchev–Trinajstić information content (AvgIpc) is 2.82. The maximum Gasteiger partial charge on any atom is 0.330 e. The first-order chi connectivity index (χ1) is 14.7. The molecule has 1 aromatic rings. The first-order valence-electron chi connectivity index (χ1n) is 9.77. The number of aliphatic hydroxyl groups is 3. The third-order valence-corrected chi connectivity index (χ3v) is 8.92. The molecule has 0 radical (unpaired) electrons. The number of hydrogen-bond donors (Lipinski definition) is 4. The number of aliphatic hydroxyl groups excluding tert-OH is 3. The topological polar surface area (TPSA) is 144 Å². The lowest BCUT2D eigenvalue weighted by Crippen LogP contribution is -2.54. The standard InChI is InChI=1S/C19H35NO9P2/c1-26-30(24,27-2)7-5-16-9-17(6-8-31(25,28-3)29-4)11-18(10-16)12-20-19(13-21,14-22)15-23/h9-11,20-23H,5-8,12-15H2,1-4H3. The maximum absolute atomic E-state index is 12.4. The van der Waals surface area contributed by atoms with Crippen molar-refractivity contribution in [2.75, 3.05) is 60.6 Å². The van der Waals surface area contributed by atoms with Crippen molar-refractivity contribution in [2.24, 2.45) is 0 Å². The van der Waals surface area contributed by atoms with Gasteiger partial charge in [0.15, 0.2) is 0 Å². The molecule has 0 spiro atoms. The van der Waals surface area contributed by atoms with Crippen LogP contribution >= 0.6 is 15.2 Å². The predicted molar refractivity (Wildman–Crippen MR) is 118 cm³/mol. The number of nitrogens with one attached hydrogen (secondary N) is 1. The van der Waals surface area contributed by atoms with E-state index in [1.165, 1.54) is 28.4 Å². The Morgan fingerprint density at radius 2 is 1.10 bits per heavy atom. The monoisotopic (exact) mass is 483 g/mol. The number of rotatable bonds is 16. The molecule has 0 aliphatic rings. The second kappa shape index (κ2) is 13.2. The van der Waals surface area contributed by atoms with E-state index < -0.39 is 40.6 Å². The summed E-state index contributed by atoms with van der Waals surface area (Å²) in [7, 11) is -1.03. The minimum Gasteiger partial charge on any atom is -0.394 e. The molecule has 0 amide bonds. The Balaban J connectivity index is 3.11. The maximum atomic E-state index is 12.4. The molecule has 0 heterocycles. The van der Waals surface area contributed by atoms with Gasteiger partial charge in [0, 0.05) is 35.0 Å². The van der Waals surface area contributed by atoms with Crippen LogP contribution in [-0.4, -0.2) is 81.4 Å². The van der Waals surface area contributed by atoms with Gasteiger partial charge in [0.05, 0.1) is 37.7 Å². The number of benzene rings is 1. The summed E-state index contributed by atoms with van der Waals surface area (Å²) in [6.45, 7) is -1.08. The number of aryl methyl sites for hydroxylation is 2. The fourth-order valence-corrected chi connectivity index (χ4v) is 4.98. The Kier molecular flexibility index (Phi) is 12.1. The van der Waals surface area contributed by atoms with E-state index in [0.29, 0.717) is 12.8 Å². The van der Waals surface area contributed by atoms with Crippen LogP contribution in [0.2, 0.25) is 0 Å². The molecule has 1 aromatic carbocycles. The van der Waals surface area contributed by atoms with E-state index in [-0.39, 0.29) is 18.9 Å². The molecule has 0 aliphatic heterocycles. The Hall–Kier alpha value is -0.640. The molecule has 0 unspecified atom stereocenters. The van der Waals surface area contributed by atoms with Gasteiger partial charge in [0.2, 0.25) is 0 Å². The van der Waals surface area contributed by atoms with Crippen LogP contribution in [0.25, 0.3) is 0 Å². The molecule has 180 valence electrons. The Labute approximate surface area is 183 Å². The first-order valence-corrected chi connectivity index (χ1v) is 13.2. The largest absolute Gasteiger partial charge is 0.394 e. The molecule has 0 fully saturated rings. The molecule has 4 N–H and O–H groups in total. The molecule has 0 aliphatic carbocycles. The van der Waals surface area contributed by atoms with Crippen LogP contribution in [0.15, 0.2) is 18.2 Å². The third-order valence-electron chi connectivity index (χ3n) is 5.15. The van der Waals surface area contributed by atoms with Crippen LogP contribution < -0.4 is 5.32 Å². The van der Waals surface area contributed by atoms with Crippen molar-refractivity contribution >= 4 is 15.2 Å². The molecule has 0 saturated carbocycles. The van der Waals surface area contributed by atoms with Gasteiger partial charge in [-0.2, -0.15) is 0 Å². The third kappa shape index (κ3) is 8.67. The fourth-order valence-electron chi connectivity index (χ4n) is 2.88. The summed E-state index contributed by atoms with van der Waals surface area (Å²) >= 11 is 0. The summed E-state index contributed by atoms with van der Waals surface area (Å²) in [5.74, 6) is 0. The zero-order valence-electron chi connectivity index (χ0n) is 18.6. The minimum atomic E-state index is -3.18. The molecule has 0 atom stereocenters. The van der Waals surface area contributed by atoms with Gasteiger partial charge in [-0.15, -0.1) is 0 Å². The summed E-state index contributed by atoms with van der Waals surface area (Å²) < 4.78 is 44.8. The molecule has 31 heavy (non-hydrogen) atoms. The van der Waals surface area contributed by atoms with Crippen LogP contribution in [0.4, 0.5) is 0 Å². The minimum absolute atomic E-state index is 0.179. The van der Waals surface area contributed by atoms with Crippen LogP contribution in [0, 0.1) is 0 Å². The Morgan fingerprint density at radius 3 is 1.42 bits per heavy atom. The molecule has 10 nitrogen and oxygen atoms in total. The summed E-state index contributed by atoms with van der Waals surface area (Å²) in [5, 5.41) is 31.5. The van der Waals surface area contributed by atoms with E-state index in [0.717, 1.165) is 16.7 Å². The van der Waals surface area contributed by atoms with Gasteiger partial charge in [-0.05, 0) is 29.5 Å². The summed E-state index contributed by atoms with van der Waals surface area (Å²) in [4.78, 5) is 0. The van der Waals surface area contributed by atoms with E-state index >= 15 is 0 Å². The molecule has 0 saturated heterocycles. The molecule has 0 aromatic heterocycles. The lowest BCUT2D eigenvalue weighted by atomic mass is 10.00. The highest BCUT2D eigenvalue weighted by atomic mass is 31.2. The lowest BCUT2D eigenvalue weighted by Gasteiger charge is -2.29. The molecule has 12 heteroatoms. The summed E-state index contributed by atoms with van der Waals surface area (Å²) in [6.07, 6.45) is 1.19. The van der Waals surface area contributed by atoms with Crippen molar-refractivity contribution < 1.29 is 42.5 Å². The average molecular weight is 483 g/mol. The van der Waals surface area contributed by atoms with Gasteiger partial charge in [0.25, 0.3) is 0 Å². The first kappa shape index (κ1) is 28.4. The van der Waals surface area contributed by atoms with Crippen LogP contribution in [-0.2, 0) is 46.6 Å². The number of hydrogen-bond acceptors (Lipinski definition) is 10. The van der Waals surface area contributed by atoms with Gasteiger partial charge < -0.3 is 38.7 Å². The van der Waals surface area contributed by atoms with E-state index in [1.54, 1.807) is 0 Å². The quantitative estimate of drug-likeness (QED) is 0.256. The van der Waals surface area contributed by atoms with E-state index in [1.807, 2.05) is 18.2 Å². The second-order valence-corrected chi connectivity index (χ2v) is 12.0. The van der Waals surface area contributed by atoms with Crippen molar-refractivity contribution in [3.8, 4) is 0 Å². The highest BCUT2D eigenvalue weighted by Crippen LogP contribution is 2.47. The highest BCUT2D eigenvalue weighted by molar-refractivity contribution is 7.54. The van der Waals surface area contributed by atoms with Gasteiger partial charge >= 0.3 is 15.2 Å².